The zero-order chi connectivity index (χ0) is 13.8. The van der Waals surface area contributed by atoms with Crippen LogP contribution in [0.3, 0.4) is 0 Å². The summed E-state index contributed by atoms with van der Waals surface area (Å²) in [6.07, 6.45) is -3.21. The summed E-state index contributed by atoms with van der Waals surface area (Å²) in [6.45, 7) is 0.977. The highest BCUT2D eigenvalue weighted by Crippen LogP contribution is 2.30. The molecular weight excluding hydrogens is 258 g/mol. The predicted octanol–water partition coefficient (Wildman–Crippen LogP) is 2.25. The quantitative estimate of drug-likeness (QED) is 0.622. The van der Waals surface area contributed by atoms with Crippen LogP contribution in [-0.2, 0) is 4.79 Å². The van der Waals surface area contributed by atoms with Gasteiger partial charge in [0, 0.05) is 12.0 Å². The number of ketones is 2. The van der Waals surface area contributed by atoms with Crippen molar-refractivity contribution < 1.29 is 27.8 Å². The van der Waals surface area contributed by atoms with Crippen LogP contribution in [0.15, 0.2) is 18.2 Å². The molecule has 0 unspecified atom stereocenters. The van der Waals surface area contributed by atoms with Crippen LogP contribution in [0.4, 0.5) is 8.78 Å². The monoisotopic (exact) mass is 270 g/mol. The molecule has 19 heavy (non-hydrogen) atoms. The van der Waals surface area contributed by atoms with Crippen LogP contribution in [0, 0.1) is 0 Å². The van der Waals surface area contributed by atoms with E-state index < -0.39 is 24.4 Å². The maximum absolute atomic E-state index is 12.1. The van der Waals surface area contributed by atoms with Crippen molar-refractivity contribution in [1.29, 1.82) is 0 Å². The smallest absolute Gasteiger partial charge is 0.296 e. The molecule has 0 saturated carbocycles. The molecule has 0 amide bonds. The van der Waals surface area contributed by atoms with Gasteiger partial charge < -0.3 is 9.47 Å². The van der Waals surface area contributed by atoms with E-state index in [1.807, 2.05) is 0 Å². The molecule has 0 saturated heterocycles. The van der Waals surface area contributed by atoms with Crippen LogP contribution in [0.2, 0.25) is 0 Å². The van der Waals surface area contributed by atoms with E-state index in [1.165, 1.54) is 12.1 Å². The molecule has 1 heterocycles. The van der Waals surface area contributed by atoms with Crippen molar-refractivity contribution in [2.24, 2.45) is 0 Å². The molecular formula is C13H12F2O4. The van der Waals surface area contributed by atoms with Crippen molar-refractivity contribution in [3.8, 4) is 11.5 Å². The van der Waals surface area contributed by atoms with Crippen LogP contribution in [0.5, 0.6) is 11.5 Å². The van der Waals surface area contributed by atoms with Gasteiger partial charge in [0.1, 0.15) is 0 Å². The molecule has 102 valence electrons. The van der Waals surface area contributed by atoms with Crippen LogP contribution in [-0.4, -0.2) is 31.2 Å². The Hall–Kier alpha value is -1.98. The first-order valence-corrected chi connectivity index (χ1v) is 5.81. The third-order valence-electron chi connectivity index (χ3n) is 2.65. The van der Waals surface area contributed by atoms with E-state index in [2.05, 4.69) is 0 Å². The first-order valence-electron chi connectivity index (χ1n) is 5.81. The summed E-state index contributed by atoms with van der Waals surface area (Å²) in [5.74, 6) is -1.12. The van der Waals surface area contributed by atoms with Crippen molar-refractivity contribution in [2.75, 3.05) is 13.2 Å². The van der Waals surface area contributed by atoms with E-state index in [-0.39, 0.29) is 5.56 Å². The minimum Gasteiger partial charge on any atom is -0.490 e. The Morgan fingerprint density at radius 2 is 1.84 bits per heavy atom. The maximum atomic E-state index is 12.1. The summed E-state index contributed by atoms with van der Waals surface area (Å²) in [5, 5.41) is 0. The van der Waals surface area contributed by atoms with Crippen molar-refractivity contribution in [3.05, 3.63) is 23.8 Å². The second-order valence-electron chi connectivity index (χ2n) is 4.08. The summed E-state index contributed by atoms with van der Waals surface area (Å²) in [4.78, 5) is 22.5. The molecule has 1 aliphatic heterocycles. The number of benzene rings is 1. The van der Waals surface area contributed by atoms with E-state index in [0.29, 0.717) is 24.7 Å². The molecule has 0 N–H and O–H groups in total. The molecule has 0 atom stereocenters. The second-order valence-corrected chi connectivity index (χ2v) is 4.08. The molecule has 6 heteroatoms. The largest absolute Gasteiger partial charge is 0.490 e. The normalized spacial score (nSPS) is 14.1. The number of carbonyl (C=O) groups is 2. The molecule has 0 radical (unpaired) electrons. The summed E-state index contributed by atoms with van der Waals surface area (Å²) in [6, 6.07) is 4.40. The first kappa shape index (κ1) is 13.5. The molecule has 2 rings (SSSR count). The number of hydrogen-bond acceptors (Lipinski definition) is 4. The van der Waals surface area contributed by atoms with Crippen LogP contribution in [0.25, 0.3) is 0 Å². The topological polar surface area (TPSA) is 52.6 Å². The van der Waals surface area contributed by atoms with Crippen molar-refractivity contribution in [3.63, 3.8) is 0 Å². The number of hydrogen-bond donors (Lipinski definition) is 0. The zero-order valence-corrected chi connectivity index (χ0v) is 10.0. The Morgan fingerprint density at radius 3 is 2.53 bits per heavy atom. The van der Waals surface area contributed by atoms with E-state index >= 15 is 0 Å². The van der Waals surface area contributed by atoms with E-state index in [1.54, 1.807) is 6.07 Å². The van der Waals surface area contributed by atoms with Crippen molar-refractivity contribution >= 4 is 11.6 Å². The lowest BCUT2D eigenvalue weighted by molar-refractivity contribution is -0.128. The molecule has 1 aromatic rings. The highest BCUT2D eigenvalue weighted by Gasteiger charge is 2.21. The molecule has 1 aromatic carbocycles. The third kappa shape index (κ3) is 3.27. The Kier molecular flexibility index (Phi) is 4.09. The molecule has 0 bridgehead atoms. The van der Waals surface area contributed by atoms with E-state index in [9.17, 15) is 18.4 Å². The summed E-state index contributed by atoms with van der Waals surface area (Å²) in [5.41, 5.74) is 0.165. The maximum Gasteiger partial charge on any atom is 0.296 e. The Labute approximate surface area is 108 Å². The lowest BCUT2D eigenvalue weighted by Crippen LogP contribution is -2.15. The van der Waals surface area contributed by atoms with Gasteiger partial charge >= 0.3 is 0 Å². The Bertz CT molecular complexity index is 499. The molecule has 0 fully saturated rings. The van der Waals surface area contributed by atoms with Gasteiger partial charge in [0.05, 0.1) is 19.6 Å². The number of ether oxygens (including phenoxy) is 2. The fourth-order valence-electron chi connectivity index (χ4n) is 1.67. The van der Waals surface area contributed by atoms with Crippen molar-refractivity contribution in [1.82, 2.24) is 0 Å². The number of halogens is 2. The predicted molar refractivity (Wildman–Crippen MR) is 62.0 cm³/mol. The minimum atomic E-state index is -3.12. The van der Waals surface area contributed by atoms with E-state index in [0.717, 1.165) is 6.42 Å². The van der Waals surface area contributed by atoms with Gasteiger partial charge in [0.25, 0.3) is 6.43 Å². The lowest BCUT2D eigenvalue weighted by atomic mass is 10.1. The van der Waals surface area contributed by atoms with Gasteiger partial charge in [-0.1, -0.05) is 0 Å². The molecule has 1 aliphatic rings. The number of rotatable bonds is 4. The van der Waals surface area contributed by atoms with Gasteiger partial charge in [-0.2, -0.15) is 0 Å². The summed E-state index contributed by atoms with van der Waals surface area (Å²) in [7, 11) is 0. The van der Waals surface area contributed by atoms with Gasteiger partial charge in [0.2, 0.25) is 5.78 Å². The SMILES string of the molecule is O=C(CC(=O)C(F)F)c1ccc2c(c1)OCCCO2. The average molecular weight is 270 g/mol. The van der Waals surface area contributed by atoms with Crippen LogP contribution < -0.4 is 9.47 Å². The standard InChI is InChI=1S/C13H12F2O4/c14-13(15)10(17)7-9(16)8-2-3-11-12(6-8)19-5-1-4-18-11/h2-3,6,13H,1,4-5,7H2. The van der Waals surface area contributed by atoms with Gasteiger partial charge in [-0.05, 0) is 18.2 Å². The van der Waals surface area contributed by atoms with Gasteiger partial charge in [-0.15, -0.1) is 0 Å². The van der Waals surface area contributed by atoms with E-state index in [4.69, 9.17) is 9.47 Å². The molecule has 0 aliphatic carbocycles. The number of carbonyl (C=O) groups excluding carboxylic acids is 2. The number of alkyl halides is 2. The fourth-order valence-corrected chi connectivity index (χ4v) is 1.67. The molecule has 0 spiro atoms. The third-order valence-corrected chi connectivity index (χ3v) is 2.65. The fraction of sp³-hybridized carbons (Fsp3) is 0.385. The van der Waals surface area contributed by atoms with Gasteiger partial charge in [0.15, 0.2) is 17.3 Å². The Morgan fingerprint density at radius 1 is 1.16 bits per heavy atom. The average Bonchev–Trinajstić information content (AvgIpc) is 2.62. The highest BCUT2D eigenvalue weighted by molar-refractivity contribution is 6.09. The van der Waals surface area contributed by atoms with Crippen LogP contribution in [0.1, 0.15) is 23.2 Å². The van der Waals surface area contributed by atoms with Crippen molar-refractivity contribution in [2.45, 2.75) is 19.3 Å². The zero-order valence-electron chi connectivity index (χ0n) is 10.0. The summed E-state index contributed by atoms with van der Waals surface area (Å²) >= 11 is 0. The molecule has 0 aromatic heterocycles. The summed E-state index contributed by atoms with van der Waals surface area (Å²) < 4.78 is 34.9. The van der Waals surface area contributed by atoms with Crippen LogP contribution >= 0.6 is 0 Å². The molecule has 4 nitrogen and oxygen atoms in total. The second kappa shape index (κ2) is 5.77. The number of fused-ring (bicyclic) bond motifs is 1. The van der Waals surface area contributed by atoms with Gasteiger partial charge in [-0.3, -0.25) is 9.59 Å². The lowest BCUT2D eigenvalue weighted by Gasteiger charge is -2.08. The Balaban J connectivity index is 2.15. The van der Waals surface area contributed by atoms with Gasteiger partial charge in [-0.25, -0.2) is 8.78 Å². The number of Topliss-reactive ketones (excluding diaryl/α,β-unsaturated/α-hetero) is 2. The highest BCUT2D eigenvalue weighted by atomic mass is 19.3. The minimum absolute atomic E-state index is 0.165. The first-order chi connectivity index (χ1) is 9.08.